The fraction of sp³-hybridized carbons (Fsp3) is 0.207. The summed E-state index contributed by atoms with van der Waals surface area (Å²) in [6, 6.07) is 19.8. The zero-order valence-corrected chi connectivity index (χ0v) is 25.0. The maximum Gasteiger partial charge on any atom is 0.270 e. The third-order valence-electron chi connectivity index (χ3n) is 5.78. The number of anilines is 1. The maximum atomic E-state index is 12.5. The maximum absolute atomic E-state index is 12.5. The minimum absolute atomic E-state index is 0.0462. The molecule has 10 heteroatoms. The minimum Gasteiger partial charge on any atom is -0.386 e. The molecule has 0 bridgehead atoms. The molecule has 0 saturated heterocycles. The predicted molar refractivity (Wildman–Crippen MR) is 165 cm³/mol. The Hall–Kier alpha value is -2.75. The van der Waals surface area contributed by atoms with E-state index in [1.54, 1.807) is 6.07 Å². The van der Waals surface area contributed by atoms with E-state index in [-0.39, 0.29) is 13.6 Å². The van der Waals surface area contributed by atoms with Crippen LogP contribution in [0.3, 0.4) is 0 Å². The second kappa shape index (κ2) is 13.5. The van der Waals surface area contributed by atoms with Crippen molar-refractivity contribution in [3.63, 3.8) is 0 Å². The Bertz CT molecular complexity index is 1550. The van der Waals surface area contributed by atoms with Gasteiger partial charge in [0.1, 0.15) is 4.24 Å². The highest BCUT2D eigenvalue weighted by Crippen LogP contribution is 2.39. The number of nitrogens with one attached hydrogen (secondary N) is 1. The van der Waals surface area contributed by atoms with E-state index >= 15 is 0 Å². The van der Waals surface area contributed by atoms with Crippen molar-refractivity contribution < 1.29 is 18.3 Å². The number of halogens is 2. The first-order chi connectivity index (χ1) is 18.5. The Morgan fingerprint density at radius 2 is 1.82 bits per heavy atom. The lowest BCUT2D eigenvalue weighted by Gasteiger charge is -2.21. The number of para-hydroxylation sites is 1. The molecule has 39 heavy (non-hydrogen) atoms. The van der Waals surface area contributed by atoms with Gasteiger partial charge >= 0.3 is 0 Å². The fourth-order valence-electron chi connectivity index (χ4n) is 4.06. The smallest absolute Gasteiger partial charge is 0.270 e. The molecule has 1 aliphatic rings. The molecule has 2 N–H and O–H groups in total. The number of β-amino-alcohol motifs (C(OH)–C–C–N with tert-alkyl or cyclic N) is 1. The summed E-state index contributed by atoms with van der Waals surface area (Å²) in [5.41, 5.74) is 3.31. The molecular formula is C29H30Cl2N2O4S2. The average Bonchev–Trinajstić information content (AvgIpc) is 3.23. The van der Waals surface area contributed by atoms with Crippen molar-refractivity contribution in [1.82, 2.24) is 4.72 Å². The second-order valence-electron chi connectivity index (χ2n) is 8.45. The Morgan fingerprint density at radius 1 is 1.13 bits per heavy atom. The zero-order valence-electron chi connectivity index (χ0n) is 21.8. The first kappa shape index (κ1) is 30.8. The molecule has 4 rings (SSSR count). The molecule has 0 aromatic heterocycles. The van der Waals surface area contributed by atoms with Crippen LogP contribution in [0.25, 0.3) is 16.8 Å². The van der Waals surface area contributed by atoms with Crippen LogP contribution in [-0.4, -0.2) is 26.0 Å². The van der Waals surface area contributed by atoms with E-state index in [9.17, 15) is 18.3 Å². The summed E-state index contributed by atoms with van der Waals surface area (Å²) < 4.78 is 26.5. The number of carbonyl (C=O) groups excluding carboxylic acids is 1. The van der Waals surface area contributed by atoms with Crippen LogP contribution in [0.15, 0.2) is 87.0 Å². The van der Waals surface area contributed by atoms with Crippen LogP contribution in [0.4, 0.5) is 5.69 Å². The molecule has 1 unspecified atom stereocenters. The Labute approximate surface area is 244 Å². The number of allylic oxidation sites excluding steroid dienone is 1. The molecule has 0 saturated carbocycles. The van der Waals surface area contributed by atoms with Crippen LogP contribution in [-0.2, 0) is 21.4 Å². The number of sulfonamides is 1. The van der Waals surface area contributed by atoms with Crippen molar-refractivity contribution in [3.05, 3.63) is 104 Å². The van der Waals surface area contributed by atoms with Gasteiger partial charge in [-0.3, -0.25) is 4.79 Å². The lowest BCUT2D eigenvalue weighted by molar-refractivity contribution is -0.114. The van der Waals surface area contributed by atoms with Gasteiger partial charge in [-0.2, -0.15) is 0 Å². The van der Waals surface area contributed by atoms with Gasteiger partial charge in [-0.05, 0) is 41.0 Å². The zero-order chi connectivity index (χ0) is 28.7. The topological polar surface area (TPSA) is 86.7 Å². The monoisotopic (exact) mass is 604 g/mol. The van der Waals surface area contributed by atoms with Gasteiger partial charge in [0.15, 0.2) is 0 Å². The van der Waals surface area contributed by atoms with E-state index in [0.717, 1.165) is 33.7 Å². The quantitative estimate of drug-likeness (QED) is 0.263. The Kier molecular flexibility index (Phi) is 10.7. The first-order valence-electron chi connectivity index (χ1n) is 12.2. The van der Waals surface area contributed by atoms with E-state index in [4.69, 9.17) is 23.2 Å². The van der Waals surface area contributed by atoms with E-state index in [0.29, 0.717) is 30.4 Å². The summed E-state index contributed by atoms with van der Waals surface area (Å²) in [5.74, 6) is -0.846. The van der Waals surface area contributed by atoms with Crippen LogP contribution in [0, 0.1) is 0 Å². The fourth-order valence-corrected chi connectivity index (χ4v) is 6.20. The number of carbonyl (C=O) groups is 1. The highest BCUT2D eigenvalue weighted by Gasteiger charge is 2.29. The summed E-state index contributed by atoms with van der Waals surface area (Å²) in [6.45, 7) is 9.94. The number of fused-ring (bicyclic) bond motifs is 2. The van der Waals surface area contributed by atoms with Crippen LogP contribution in [0.5, 0.6) is 0 Å². The third kappa shape index (κ3) is 7.68. The number of thioether (sulfide) groups is 1. The van der Waals surface area contributed by atoms with E-state index in [1.165, 1.54) is 13.0 Å². The van der Waals surface area contributed by atoms with Crippen LogP contribution in [0.1, 0.15) is 43.6 Å². The molecule has 0 aliphatic carbocycles. The molecular weight excluding hydrogens is 575 g/mol. The van der Waals surface area contributed by atoms with Crippen molar-refractivity contribution in [1.29, 1.82) is 0 Å². The molecule has 0 spiro atoms. The van der Waals surface area contributed by atoms with Crippen molar-refractivity contribution in [2.24, 2.45) is 0 Å². The molecule has 0 fully saturated rings. The summed E-state index contributed by atoms with van der Waals surface area (Å²) in [4.78, 5) is 14.5. The van der Waals surface area contributed by atoms with Gasteiger partial charge in [-0.25, -0.2) is 13.1 Å². The number of aliphatic hydroxyl groups excluding tert-OH is 1. The van der Waals surface area contributed by atoms with Crippen molar-refractivity contribution in [2.75, 3.05) is 11.4 Å². The summed E-state index contributed by atoms with van der Waals surface area (Å²) in [6.07, 6.45) is 1.98. The van der Waals surface area contributed by atoms with E-state index < -0.39 is 22.0 Å². The summed E-state index contributed by atoms with van der Waals surface area (Å²) in [7, 11) is -4.19. The number of benzene rings is 3. The van der Waals surface area contributed by atoms with Gasteiger partial charge in [0.05, 0.1) is 16.2 Å². The number of hydrogen-bond donors (Lipinski definition) is 2. The van der Waals surface area contributed by atoms with Crippen LogP contribution in [0.2, 0.25) is 0 Å². The molecule has 1 heterocycles. The van der Waals surface area contributed by atoms with Gasteiger partial charge in [0, 0.05) is 29.8 Å². The molecule has 3 aromatic carbocycles. The van der Waals surface area contributed by atoms with Gasteiger partial charge in [-0.15, -0.1) is 0 Å². The molecule has 1 atom stereocenters. The summed E-state index contributed by atoms with van der Waals surface area (Å²) in [5, 5.41) is 13.2. The first-order valence-corrected chi connectivity index (χ1v) is 15.3. The third-order valence-corrected chi connectivity index (χ3v) is 9.38. The largest absolute Gasteiger partial charge is 0.386 e. The molecule has 206 valence electrons. The SMILES string of the molecule is C=C(S/C(Cl)=C(\C)Cl)S(=O)(=O)NC(=O)/C=C/c1cccc2c1N(Cc1ccc3ccccc3c1)CC2O.CC. The predicted octanol–water partition coefficient (Wildman–Crippen LogP) is 7.25. The van der Waals surface area contributed by atoms with Gasteiger partial charge < -0.3 is 10.0 Å². The van der Waals surface area contributed by atoms with E-state index in [1.807, 2.05) is 42.8 Å². The minimum atomic E-state index is -4.19. The summed E-state index contributed by atoms with van der Waals surface area (Å²) >= 11 is 12.3. The number of rotatable bonds is 8. The lowest BCUT2D eigenvalue weighted by Crippen LogP contribution is -2.29. The van der Waals surface area contributed by atoms with Crippen molar-refractivity contribution in [2.45, 2.75) is 33.4 Å². The highest BCUT2D eigenvalue weighted by molar-refractivity contribution is 8.21. The van der Waals surface area contributed by atoms with Gasteiger partial charge in [0.25, 0.3) is 15.9 Å². The number of nitrogens with zero attached hydrogens (tertiary/aromatic N) is 1. The highest BCUT2D eigenvalue weighted by atomic mass is 35.5. The van der Waals surface area contributed by atoms with Crippen molar-refractivity contribution in [3.8, 4) is 0 Å². The molecule has 1 amide bonds. The Morgan fingerprint density at radius 3 is 2.51 bits per heavy atom. The lowest BCUT2D eigenvalue weighted by atomic mass is 10.0. The molecule has 6 nitrogen and oxygen atoms in total. The van der Waals surface area contributed by atoms with Gasteiger partial charge in [0.2, 0.25) is 0 Å². The van der Waals surface area contributed by atoms with Crippen molar-refractivity contribution >= 4 is 73.4 Å². The van der Waals surface area contributed by atoms with Crippen LogP contribution >= 0.6 is 35.0 Å². The van der Waals surface area contributed by atoms with Gasteiger partial charge in [-0.1, -0.05) is 110 Å². The number of amides is 1. The van der Waals surface area contributed by atoms with E-state index in [2.05, 4.69) is 41.8 Å². The van der Waals surface area contributed by atoms with Crippen LogP contribution < -0.4 is 9.62 Å². The standard InChI is InChI=1S/C27H24Cl2N2O4S2.C2H6/c1-17(28)27(29)36-18(2)37(34,35)30-25(33)13-12-21-8-5-9-23-24(32)16-31(26(21)23)15-19-10-11-20-6-3-4-7-22(20)14-19;1-2/h3-14,24,32H,2,15-16H2,1H3,(H,30,33);1-2H3/b13-12+,27-17+;. The number of hydrogen-bond acceptors (Lipinski definition) is 6. The Balaban J connectivity index is 0.00000205. The molecule has 1 aliphatic heterocycles. The second-order valence-corrected chi connectivity index (χ2v) is 12.7. The normalized spacial score (nSPS) is 15.4. The number of aliphatic hydroxyl groups is 1. The molecule has 3 aromatic rings. The molecule has 0 radical (unpaired) electrons. The average molecular weight is 606 g/mol.